The molecule has 1 aliphatic rings. The zero-order chi connectivity index (χ0) is 25.5. The second-order valence-corrected chi connectivity index (χ2v) is 8.37. The molecule has 3 aromatic carbocycles. The second kappa shape index (κ2) is 11.3. The molecular formula is C27H28N4O5. The Morgan fingerprint density at radius 1 is 1.06 bits per heavy atom. The minimum Gasteiger partial charge on any atom is -0.493 e. The predicted molar refractivity (Wildman–Crippen MR) is 136 cm³/mol. The highest BCUT2D eigenvalue weighted by Crippen LogP contribution is 2.35. The van der Waals surface area contributed by atoms with Crippen molar-refractivity contribution in [2.45, 2.75) is 25.5 Å². The quantitative estimate of drug-likeness (QED) is 0.254. The van der Waals surface area contributed by atoms with Crippen LogP contribution in [0.2, 0.25) is 0 Å². The number of aromatic carboxylic acids is 1. The van der Waals surface area contributed by atoms with Gasteiger partial charge in [-0.05, 0) is 53.9 Å². The predicted octanol–water partition coefficient (Wildman–Crippen LogP) is 3.17. The number of ether oxygens (including phenoxy) is 2. The van der Waals surface area contributed by atoms with Gasteiger partial charge in [-0.2, -0.15) is 0 Å². The van der Waals surface area contributed by atoms with Crippen molar-refractivity contribution in [2.75, 3.05) is 18.1 Å². The smallest absolute Gasteiger partial charge is 0.335 e. The van der Waals surface area contributed by atoms with E-state index in [1.165, 1.54) is 12.1 Å². The lowest BCUT2D eigenvalue weighted by Gasteiger charge is -2.34. The first-order valence-corrected chi connectivity index (χ1v) is 11.6. The van der Waals surface area contributed by atoms with E-state index < -0.39 is 12.1 Å². The Morgan fingerprint density at radius 2 is 1.75 bits per heavy atom. The zero-order valence-electron chi connectivity index (χ0n) is 19.6. The Kier molecular flexibility index (Phi) is 7.69. The van der Waals surface area contributed by atoms with Gasteiger partial charge < -0.3 is 30.5 Å². The summed E-state index contributed by atoms with van der Waals surface area (Å²) in [6.45, 7) is 1.18. The van der Waals surface area contributed by atoms with Gasteiger partial charge in [0.1, 0.15) is 11.5 Å². The Labute approximate surface area is 209 Å². The van der Waals surface area contributed by atoms with Gasteiger partial charge in [-0.1, -0.05) is 36.4 Å². The maximum absolute atomic E-state index is 13.3. The standard InChI is InChI=1S/C27H28N4O5/c28-27(29)30-15-13-18-7-11-21(12-8-18)35-16-14-24-25(32)31(22-3-1-2-4-23(22)36-24)17-19-5-9-20(10-6-19)26(33)34/h1-12,24H,13-17H2,(H,33,34)(H4,28,29,30). The summed E-state index contributed by atoms with van der Waals surface area (Å²) in [5.74, 6) is 0.0961. The summed E-state index contributed by atoms with van der Waals surface area (Å²) in [6.07, 6.45) is 0.403. The van der Waals surface area contributed by atoms with Crippen molar-refractivity contribution in [3.05, 3.63) is 89.5 Å². The van der Waals surface area contributed by atoms with E-state index in [9.17, 15) is 9.59 Å². The number of fused-ring (bicyclic) bond motifs is 1. The number of carboxylic acid groups (broad SMARTS) is 1. The van der Waals surface area contributed by atoms with E-state index in [1.54, 1.807) is 17.0 Å². The van der Waals surface area contributed by atoms with Gasteiger partial charge in [0.2, 0.25) is 0 Å². The van der Waals surface area contributed by atoms with Gasteiger partial charge in [-0.3, -0.25) is 10.2 Å². The second-order valence-electron chi connectivity index (χ2n) is 8.37. The van der Waals surface area contributed by atoms with Gasteiger partial charge in [-0.15, -0.1) is 0 Å². The third-order valence-corrected chi connectivity index (χ3v) is 5.81. The number of hydrogen-bond donors (Lipinski definition) is 4. The zero-order valence-corrected chi connectivity index (χ0v) is 19.6. The summed E-state index contributed by atoms with van der Waals surface area (Å²) >= 11 is 0. The van der Waals surface area contributed by atoms with E-state index >= 15 is 0 Å². The number of amides is 1. The molecule has 0 aliphatic carbocycles. The number of benzene rings is 3. The molecule has 1 atom stereocenters. The number of rotatable bonds is 10. The van der Waals surface area contributed by atoms with E-state index in [4.69, 9.17) is 25.7 Å². The molecule has 0 spiro atoms. The summed E-state index contributed by atoms with van der Waals surface area (Å²) in [4.78, 5) is 26.1. The number of anilines is 1. The van der Waals surface area contributed by atoms with Crippen LogP contribution >= 0.6 is 0 Å². The van der Waals surface area contributed by atoms with Crippen LogP contribution in [0.25, 0.3) is 0 Å². The molecule has 9 nitrogen and oxygen atoms in total. The third kappa shape index (κ3) is 6.12. The van der Waals surface area contributed by atoms with E-state index in [2.05, 4.69) is 5.32 Å². The fourth-order valence-electron chi connectivity index (χ4n) is 3.93. The van der Waals surface area contributed by atoms with E-state index in [0.717, 1.165) is 17.5 Å². The van der Waals surface area contributed by atoms with Crippen LogP contribution in [0, 0.1) is 5.41 Å². The summed E-state index contributed by atoms with van der Waals surface area (Å²) in [5.41, 5.74) is 8.07. The Hall–Kier alpha value is -4.53. The number of carbonyl (C=O) groups excluding carboxylic acids is 1. The van der Waals surface area contributed by atoms with Crippen molar-refractivity contribution < 1.29 is 24.2 Å². The van der Waals surface area contributed by atoms with Crippen molar-refractivity contribution in [3.63, 3.8) is 0 Å². The molecule has 0 saturated heterocycles. The monoisotopic (exact) mass is 488 g/mol. The number of nitrogens with zero attached hydrogens (tertiary/aromatic N) is 1. The number of hydrogen-bond acceptors (Lipinski definition) is 5. The number of para-hydroxylation sites is 2. The van der Waals surface area contributed by atoms with Crippen LogP contribution in [0.4, 0.5) is 5.69 Å². The lowest BCUT2D eigenvalue weighted by Crippen LogP contribution is -2.46. The molecule has 36 heavy (non-hydrogen) atoms. The fourth-order valence-corrected chi connectivity index (χ4v) is 3.93. The molecule has 5 N–H and O–H groups in total. The molecule has 0 radical (unpaired) electrons. The van der Waals surface area contributed by atoms with Crippen LogP contribution in [0.5, 0.6) is 11.5 Å². The van der Waals surface area contributed by atoms with Gasteiger partial charge in [-0.25, -0.2) is 4.79 Å². The maximum Gasteiger partial charge on any atom is 0.335 e. The molecule has 1 amide bonds. The summed E-state index contributed by atoms with van der Waals surface area (Å²) in [6, 6.07) is 21.5. The van der Waals surface area contributed by atoms with E-state index in [1.807, 2.05) is 48.5 Å². The first kappa shape index (κ1) is 24.6. The number of guanidine groups is 1. The molecule has 0 fully saturated rings. The first-order valence-electron chi connectivity index (χ1n) is 11.6. The molecule has 0 bridgehead atoms. The largest absolute Gasteiger partial charge is 0.493 e. The van der Waals surface area contributed by atoms with Crippen LogP contribution in [0.3, 0.4) is 0 Å². The Bertz CT molecular complexity index is 1230. The summed E-state index contributed by atoms with van der Waals surface area (Å²) in [7, 11) is 0. The van der Waals surface area contributed by atoms with Crippen LogP contribution in [0.1, 0.15) is 27.9 Å². The minimum atomic E-state index is -0.992. The lowest BCUT2D eigenvalue weighted by molar-refractivity contribution is -0.127. The number of nitrogens with two attached hydrogens (primary N) is 1. The topological polar surface area (TPSA) is 138 Å². The highest BCUT2D eigenvalue weighted by molar-refractivity contribution is 6.00. The molecule has 4 rings (SSSR count). The van der Waals surface area contributed by atoms with E-state index in [0.29, 0.717) is 43.3 Å². The van der Waals surface area contributed by atoms with Crippen LogP contribution in [-0.2, 0) is 17.8 Å². The average molecular weight is 489 g/mol. The first-order chi connectivity index (χ1) is 17.4. The third-order valence-electron chi connectivity index (χ3n) is 5.81. The highest BCUT2D eigenvalue weighted by atomic mass is 16.5. The lowest BCUT2D eigenvalue weighted by atomic mass is 10.1. The number of carbonyl (C=O) groups is 2. The van der Waals surface area contributed by atoms with Crippen LogP contribution < -0.4 is 25.4 Å². The molecule has 1 aliphatic heterocycles. The van der Waals surface area contributed by atoms with Gasteiger partial charge in [0.15, 0.2) is 12.1 Å². The minimum absolute atomic E-state index is 0.0493. The van der Waals surface area contributed by atoms with Crippen molar-refractivity contribution in [2.24, 2.45) is 5.73 Å². The SMILES string of the molecule is N=C(N)NCCc1ccc(OCCC2Oc3ccccc3N(Cc3ccc(C(=O)O)cc3)C2=O)cc1. The van der Waals surface area contributed by atoms with E-state index in [-0.39, 0.29) is 17.4 Å². The Balaban J connectivity index is 1.37. The molecule has 1 unspecified atom stereocenters. The van der Waals surface area contributed by atoms with Crippen molar-refractivity contribution in [3.8, 4) is 11.5 Å². The van der Waals surface area contributed by atoms with Crippen molar-refractivity contribution in [1.82, 2.24) is 5.32 Å². The van der Waals surface area contributed by atoms with Crippen LogP contribution in [0.15, 0.2) is 72.8 Å². The molecule has 0 saturated carbocycles. The maximum atomic E-state index is 13.3. The number of nitrogens with one attached hydrogen (secondary N) is 2. The highest BCUT2D eigenvalue weighted by Gasteiger charge is 2.34. The van der Waals surface area contributed by atoms with Gasteiger partial charge in [0.25, 0.3) is 5.91 Å². The van der Waals surface area contributed by atoms with Crippen molar-refractivity contribution >= 4 is 23.5 Å². The average Bonchev–Trinajstić information content (AvgIpc) is 2.87. The molecule has 3 aromatic rings. The Morgan fingerprint density at radius 3 is 2.44 bits per heavy atom. The van der Waals surface area contributed by atoms with Gasteiger partial charge in [0, 0.05) is 13.0 Å². The summed E-state index contributed by atoms with van der Waals surface area (Å²) in [5, 5.41) is 19.1. The van der Waals surface area contributed by atoms with Crippen molar-refractivity contribution in [1.29, 1.82) is 5.41 Å². The van der Waals surface area contributed by atoms with Crippen LogP contribution in [-0.4, -0.2) is 42.2 Å². The molecular weight excluding hydrogens is 460 g/mol. The summed E-state index contributed by atoms with van der Waals surface area (Å²) < 4.78 is 11.9. The van der Waals surface area contributed by atoms with Gasteiger partial charge >= 0.3 is 5.97 Å². The molecule has 0 aromatic heterocycles. The molecule has 186 valence electrons. The fraction of sp³-hybridized carbons (Fsp3) is 0.222. The van der Waals surface area contributed by atoms with Gasteiger partial charge in [0.05, 0.1) is 24.4 Å². The number of carboxylic acids is 1. The normalized spacial score (nSPS) is 14.5. The molecule has 9 heteroatoms. The molecule has 1 heterocycles.